The Hall–Kier alpha value is -3.07. The van der Waals surface area contributed by atoms with E-state index in [4.69, 9.17) is 4.74 Å². The fourth-order valence-electron chi connectivity index (χ4n) is 3.45. The van der Waals surface area contributed by atoms with Crippen LogP contribution in [0, 0.1) is 5.92 Å². The van der Waals surface area contributed by atoms with Crippen molar-refractivity contribution in [2.45, 2.75) is 26.3 Å². The van der Waals surface area contributed by atoms with Crippen molar-refractivity contribution in [3.05, 3.63) is 54.1 Å². The largest absolute Gasteiger partial charge is 0.496 e. The van der Waals surface area contributed by atoms with E-state index >= 15 is 0 Å². The number of hydrogen-bond donors (Lipinski definition) is 2. The quantitative estimate of drug-likeness (QED) is 0.682. The Morgan fingerprint density at radius 3 is 2.32 bits per heavy atom. The van der Waals surface area contributed by atoms with E-state index in [1.807, 2.05) is 13.8 Å². The van der Waals surface area contributed by atoms with Crippen LogP contribution < -0.4 is 19.7 Å². The van der Waals surface area contributed by atoms with Crippen molar-refractivity contribution in [1.29, 1.82) is 0 Å². The highest BCUT2D eigenvalue weighted by molar-refractivity contribution is 7.93. The molecule has 0 bridgehead atoms. The number of carbonyl (C=O) groups is 2. The van der Waals surface area contributed by atoms with Gasteiger partial charge in [0.2, 0.25) is 15.9 Å². The van der Waals surface area contributed by atoms with E-state index in [-0.39, 0.29) is 17.6 Å². The number of benzene rings is 2. The minimum atomic E-state index is -3.26. The summed E-state index contributed by atoms with van der Waals surface area (Å²) in [6, 6.07) is 12.7. The summed E-state index contributed by atoms with van der Waals surface area (Å²) in [6.07, 6.45) is 0.600. The molecule has 1 aliphatic rings. The number of para-hydroxylation sites is 1. The van der Waals surface area contributed by atoms with Crippen LogP contribution in [0.2, 0.25) is 0 Å². The number of nitrogens with one attached hydrogen (secondary N) is 2. The molecule has 31 heavy (non-hydrogen) atoms. The maximum absolute atomic E-state index is 12.9. The summed E-state index contributed by atoms with van der Waals surface area (Å²) in [5.74, 6) is -0.350. The lowest BCUT2D eigenvalue weighted by Crippen LogP contribution is -2.47. The van der Waals surface area contributed by atoms with E-state index in [1.54, 1.807) is 48.5 Å². The molecule has 0 aromatic heterocycles. The Morgan fingerprint density at radius 2 is 1.74 bits per heavy atom. The minimum Gasteiger partial charge on any atom is -0.496 e. The zero-order chi connectivity index (χ0) is 22.6. The van der Waals surface area contributed by atoms with Gasteiger partial charge < -0.3 is 15.4 Å². The molecule has 3 rings (SSSR count). The Bertz CT molecular complexity index is 1050. The van der Waals surface area contributed by atoms with E-state index in [1.165, 1.54) is 11.4 Å². The van der Waals surface area contributed by atoms with Gasteiger partial charge in [-0.15, -0.1) is 0 Å². The summed E-state index contributed by atoms with van der Waals surface area (Å²) in [7, 11) is -1.78. The predicted octanol–water partition coefficient (Wildman–Crippen LogP) is 2.63. The second kappa shape index (κ2) is 9.38. The molecule has 2 aromatic carbocycles. The Morgan fingerprint density at radius 1 is 1.06 bits per heavy atom. The number of sulfonamides is 1. The Labute approximate surface area is 182 Å². The van der Waals surface area contributed by atoms with E-state index in [0.717, 1.165) is 0 Å². The molecular weight excluding hydrogens is 418 g/mol. The topological polar surface area (TPSA) is 105 Å². The van der Waals surface area contributed by atoms with Gasteiger partial charge in [-0.2, -0.15) is 0 Å². The summed E-state index contributed by atoms with van der Waals surface area (Å²) in [6.45, 7) is 4.14. The molecule has 2 N–H and O–H groups in total. The number of ether oxygens (including phenoxy) is 1. The maximum atomic E-state index is 12.9. The third kappa shape index (κ3) is 5.16. The summed E-state index contributed by atoms with van der Waals surface area (Å²) in [4.78, 5) is 25.6. The molecule has 1 heterocycles. The molecule has 1 atom stereocenters. The standard InChI is InChI=1S/C22H27N3O5S/c1-15(2)20(24-21(26)18-7-4-5-8-19(18)30-3)22(27)23-16-9-11-17(12-10-16)25-13-6-14-31(25,28)29/h4-5,7-12,15,20H,6,13-14H2,1-3H3,(H,23,27)(H,24,26). The molecule has 0 radical (unpaired) electrons. The van der Waals surface area contributed by atoms with E-state index in [0.29, 0.717) is 35.7 Å². The number of nitrogens with zero attached hydrogens (tertiary/aromatic N) is 1. The molecule has 0 aliphatic carbocycles. The van der Waals surface area contributed by atoms with Crippen LogP contribution >= 0.6 is 0 Å². The van der Waals surface area contributed by atoms with Crippen LogP contribution in [0.15, 0.2) is 48.5 Å². The average molecular weight is 446 g/mol. The fourth-order valence-corrected chi connectivity index (χ4v) is 5.01. The summed E-state index contributed by atoms with van der Waals surface area (Å²) in [5.41, 5.74) is 1.43. The van der Waals surface area contributed by atoms with Crippen LogP contribution in [0.5, 0.6) is 5.75 Å². The highest BCUT2D eigenvalue weighted by Gasteiger charge is 2.29. The molecule has 8 nitrogen and oxygen atoms in total. The third-order valence-electron chi connectivity index (χ3n) is 5.11. The first kappa shape index (κ1) is 22.6. The highest BCUT2D eigenvalue weighted by atomic mass is 32.2. The van der Waals surface area contributed by atoms with Crippen LogP contribution in [-0.4, -0.2) is 45.7 Å². The molecule has 1 fully saturated rings. The van der Waals surface area contributed by atoms with Crippen molar-refractivity contribution in [3.8, 4) is 5.75 Å². The first-order valence-corrected chi connectivity index (χ1v) is 11.7. The molecular formula is C22H27N3O5S. The van der Waals surface area contributed by atoms with Gasteiger partial charge >= 0.3 is 0 Å². The van der Waals surface area contributed by atoms with E-state index < -0.39 is 22.0 Å². The van der Waals surface area contributed by atoms with E-state index in [2.05, 4.69) is 10.6 Å². The number of hydrogen-bond acceptors (Lipinski definition) is 5. The number of carbonyl (C=O) groups excluding carboxylic acids is 2. The Balaban J connectivity index is 1.70. The SMILES string of the molecule is COc1ccccc1C(=O)NC(C(=O)Nc1ccc(N2CCCS2(=O)=O)cc1)C(C)C. The van der Waals surface area contributed by atoms with Gasteiger partial charge in [-0.3, -0.25) is 13.9 Å². The Kier molecular flexibility index (Phi) is 6.84. The van der Waals surface area contributed by atoms with Gasteiger partial charge in [0.1, 0.15) is 11.8 Å². The van der Waals surface area contributed by atoms with Gasteiger partial charge in [-0.05, 0) is 48.7 Å². The molecule has 0 saturated carbocycles. The predicted molar refractivity (Wildman–Crippen MR) is 120 cm³/mol. The maximum Gasteiger partial charge on any atom is 0.255 e. The smallest absolute Gasteiger partial charge is 0.255 e. The lowest BCUT2D eigenvalue weighted by molar-refractivity contribution is -0.118. The van der Waals surface area contributed by atoms with Gasteiger partial charge in [0.15, 0.2) is 0 Å². The third-order valence-corrected chi connectivity index (χ3v) is 6.98. The first-order chi connectivity index (χ1) is 14.7. The average Bonchev–Trinajstić information content (AvgIpc) is 3.10. The lowest BCUT2D eigenvalue weighted by Gasteiger charge is -2.22. The fraction of sp³-hybridized carbons (Fsp3) is 0.364. The van der Waals surface area contributed by atoms with E-state index in [9.17, 15) is 18.0 Å². The van der Waals surface area contributed by atoms with Crippen molar-refractivity contribution in [3.63, 3.8) is 0 Å². The molecule has 9 heteroatoms. The second-order valence-electron chi connectivity index (χ2n) is 7.67. The monoisotopic (exact) mass is 445 g/mol. The van der Waals surface area contributed by atoms with Crippen molar-refractivity contribution in [2.75, 3.05) is 29.0 Å². The summed E-state index contributed by atoms with van der Waals surface area (Å²) < 4.78 is 30.7. The van der Waals surface area contributed by atoms with Crippen LogP contribution in [0.4, 0.5) is 11.4 Å². The van der Waals surface area contributed by atoms with Gasteiger partial charge in [0, 0.05) is 12.2 Å². The molecule has 1 unspecified atom stereocenters. The van der Waals surface area contributed by atoms with Gasteiger partial charge in [0.25, 0.3) is 5.91 Å². The molecule has 1 saturated heterocycles. The van der Waals surface area contributed by atoms with Crippen molar-refractivity contribution in [1.82, 2.24) is 5.32 Å². The number of amides is 2. The molecule has 2 amide bonds. The molecule has 0 spiro atoms. The second-order valence-corrected chi connectivity index (χ2v) is 9.69. The van der Waals surface area contributed by atoms with Crippen molar-refractivity contribution < 1.29 is 22.7 Å². The lowest BCUT2D eigenvalue weighted by atomic mass is 10.0. The molecule has 166 valence electrons. The van der Waals surface area contributed by atoms with Crippen LogP contribution in [0.3, 0.4) is 0 Å². The molecule has 2 aromatic rings. The van der Waals surface area contributed by atoms with Crippen molar-refractivity contribution in [2.24, 2.45) is 5.92 Å². The highest BCUT2D eigenvalue weighted by Crippen LogP contribution is 2.25. The van der Waals surface area contributed by atoms with Crippen LogP contribution in [0.25, 0.3) is 0 Å². The van der Waals surface area contributed by atoms with Crippen molar-refractivity contribution >= 4 is 33.2 Å². The van der Waals surface area contributed by atoms with Gasteiger partial charge in [-0.1, -0.05) is 26.0 Å². The van der Waals surface area contributed by atoms with Crippen LogP contribution in [0.1, 0.15) is 30.6 Å². The van der Waals surface area contributed by atoms with Gasteiger partial charge in [-0.25, -0.2) is 8.42 Å². The normalized spacial score (nSPS) is 16.1. The van der Waals surface area contributed by atoms with Crippen LogP contribution in [-0.2, 0) is 14.8 Å². The zero-order valence-electron chi connectivity index (χ0n) is 17.8. The zero-order valence-corrected chi connectivity index (χ0v) is 18.6. The minimum absolute atomic E-state index is 0.146. The van der Waals surface area contributed by atoms with Gasteiger partial charge in [0.05, 0.1) is 24.1 Å². The number of rotatable bonds is 7. The molecule has 1 aliphatic heterocycles. The summed E-state index contributed by atoms with van der Waals surface area (Å²) >= 11 is 0. The first-order valence-electron chi connectivity index (χ1n) is 10.1. The summed E-state index contributed by atoms with van der Waals surface area (Å²) in [5, 5.41) is 5.57. The number of anilines is 2. The number of methoxy groups -OCH3 is 1.